The second kappa shape index (κ2) is 4.50. The zero-order valence-corrected chi connectivity index (χ0v) is 14.1. The van der Waals surface area contributed by atoms with Gasteiger partial charge in [-0.05, 0) is 11.5 Å². The molecule has 1 amide bonds. The number of anilines is 1. The molecule has 5 nitrogen and oxygen atoms in total. The van der Waals surface area contributed by atoms with Crippen LogP contribution in [0.4, 0.5) is 5.69 Å². The number of hydrogen-bond donors (Lipinski definition) is 1. The molecule has 3 aliphatic rings. The zero-order valence-electron chi connectivity index (χ0n) is 14.1. The number of fused-ring (bicyclic) bond motifs is 3. The van der Waals surface area contributed by atoms with Crippen molar-refractivity contribution >= 4 is 17.4 Å². The van der Waals surface area contributed by atoms with Crippen molar-refractivity contribution in [3.63, 3.8) is 0 Å². The van der Waals surface area contributed by atoms with Gasteiger partial charge in [0.25, 0.3) is 0 Å². The van der Waals surface area contributed by atoms with Crippen molar-refractivity contribution in [2.75, 3.05) is 11.9 Å². The average molecular weight is 324 g/mol. The van der Waals surface area contributed by atoms with Crippen LogP contribution in [0.1, 0.15) is 32.3 Å². The van der Waals surface area contributed by atoms with E-state index in [0.29, 0.717) is 24.2 Å². The maximum atomic E-state index is 13.2. The molecule has 5 heteroatoms. The molecule has 1 aromatic carbocycles. The fourth-order valence-electron chi connectivity index (χ4n) is 4.22. The number of likely N-dealkylation sites (N-methyl/N-ethyl adjacent to an activating group) is 1. The number of nitrogens with two attached hydrogens (primary N) is 1. The first kappa shape index (κ1) is 15.0. The summed E-state index contributed by atoms with van der Waals surface area (Å²) in [6.45, 7) is 4.05. The number of ether oxygens (including phenoxy) is 1. The third-order valence-corrected chi connectivity index (χ3v) is 5.16. The maximum Gasteiger partial charge on any atom is 0.246 e. The summed E-state index contributed by atoms with van der Waals surface area (Å²) in [4.78, 5) is 27.8. The van der Waals surface area contributed by atoms with Gasteiger partial charge in [-0.25, -0.2) is 0 Å². The Morgan fingerprint density at radius 3 is 2.62 bits per heavy atom. The Bertz CT molecular complexity index is 850. The normalized spacial score (nSPS) is 27.8. The fraction of sp³-hybridized carbons (Fsp3) is 0.368. The van der Waals surface area contributed by atoms with Crippen LogP contribution in [0.3, 0.4) is 0 Å². The van der Waals surface area contributed by atoms with E-state index in [4.69, 9.17) is 10.5 Å². The number of rotatable bonds is 0. The van der Waals surface area contributed by atoms with Gasteiger partial charge in [0, 0.05) is 37.2 Å². The van der Waals surface area contributed by atoms with Gasteiger partial charge in [0.05, 0.1) is 5.57 Å². The third kappa shape index (κ3) is 1.75. The van der Waals surface area contributed by atoms with Crippen LogP contribution in [0.5, 0.6) is 0 Å². The molecule has 0 unspecified atom stereocenters. The molecule has 2 heterocycles. The highest BCUT2D eigenvalue weighted by Crippen LogP contribution is 2.54. The fourth-order valence-corrected chi connectivity index (χ4v) is 4.22. The largest absolute Gasteiger partial charge is 0.446 e. The second-order valence-corrected chi connectivity index (χ2v) is 7.58. The van der Waals surface area contributed by atoms with Crippen LogP contribution in [0, 0.1) is 5.41 Å². The number of allylic oxidation sites excluding steroid dienone is 1. The quantitative estimate of drug-likeness (QED) is 0.795. The molecule has 2 aliphatic heterocycles. The number of carbonyl (C=O) groups excluding carboxylic acids is 2. The SMILES string of the molecule is CN1C(=O)[C@@]2(C=C(N)OC3=C2C(=O)CC(C)(C)C3)c2ccccc21. The Hall–Kier alpha value is -2.56. The summed E-state index contributed by atoms with van der Waals surface area (Å²) in [6.07, 6.45) is 2.58. The smallest absolute Gasteiger partial charge is 0.246 e. The van der Waals surface area contributed by atoms with Crippen molar-refractivity contribution in [2.24, 2.45) is 11.1 Å². The molecule has 2 N–H and O–H groups in total. The van der Waals surface area contributed by atoms with Crippen LogP contribution >= 0.6 is 0 Å². The molecule has 4 rings (SSSR count). The van der Waals surface area contributed by atoms with E-state index in [-0.39, 0.29) is 23.0 Å². The highest BCUT2D eigenvalue weighted by atomic mass is 16.5. The van der Waals surface area contributed by atoms with Crippen LogP contribution in [0.2, 0.25) is 0 Å². The lowest BCUT2D eigenvalue weighted by molar-refractivity contribution is -0.125. The molecule has 1 spiro atoms. The van der Waals surface area contributed by atoms with Crippen LogP contribution in [-0.2, 0) is 19.7 Å². The molecular weight excluding hydrogens is 304 g/mol. The molecule has 1 atom stereocenters. The molecule has 0 fully saturated rings. The van der Waals surface area contributed by atoms with Crippen molar-refractivity contribution in [1.82, 2.24) is 0 Å². The van der Waals surface area contributed by atoms with Crippen molar-refractivity contribution < 1.29 is 14.3 Å². The van der Waals surface area contributed by atoms with Crippen LogP contribution < -0.4 is 10.6 Å². The van der Waals surface area contributed by atoms with Crippen molar-refractivity contribution in [1.29, 1.82) is 0 Å². The number of ketones is 1. The molecule has 0 aromatic heterocycles. The van der Waals surface area contributed by atoms with E-state index < -0.39 is 5.41 Å². The number of Topliss-reactive ketones (excluding diaryl/α,β-unsaturated/α-hetero) is 1. The Labute approximate surface area is 140 Å². The summed E-state index contributed by atoms with van der Waals surface area (Å²) in [5.41, 5.74) is 6.71. The Morgan fingerprint density at radius 1 is 1.17 bits per heavy atom. The predicted octanol–water partition coefficient (Wildman–Crippen LogP) is 2.37. The molecule has 24 heavy (non-hydrogen) atoms. The Morgan fingerprint density at radius 2 is 1.88 bits per heavy atom. The molecule has 0 saturated carbocycles. The van der Waals surface area contributed by atoms with E-state index in [0.717, 1.165) is 11.3 Å². The topological polar surface area (TPSA) is 72.6 Å². The highest BCUT2D eigenvalue weighted by molar-refractivity contribution is 6.18. The van der Waals surface area contributed by atoms with Gasteiger partial charge < -0.3 is 15.4 Å². The summed E-state index contributed by atoms with van der Waals surface area (Å²) in [7, 11) is 1.73. The average Bonchev–Trinajstić information content (AvgIpc) is 2.68. The summed E-state index contributed by atoms with van der Waals surface area (Å²) in [5, 5.41) is 0. The number of para-hydroxylation sites is 1. The number of amides is 1. The van der Waals surface area contributed by atoms with E-state index in [9.17, 15) is 9.59 Å². The number of nitrogens with zero attached hydrogens (tertiary/aromatic N) is 1. The van der Waals surface area contributed by atoms with Gasteiger partial charge in [-0.15, -0.1) is 0 Å². The molecule has 0 radical (unpaired) electrons. The van der Waals surface area contributed by atoms with Gasteiger partial charge in [-0.1, -0.05) is 32.0 Å². The standard InChI is InChI=1S/C19H20N2O3/c1-18(2)8-13(22)16-14(9-18)24-15(20)10-19(16)11-6-4-5-7-12(11)21(3)17(19)23/h4-7,10H,8-9,20H2,1-3H3/t19-/m0/s1. The van der Waals surface area contributed by atoms with E-state index >= 15 is 0 Å². The van der Waals surface area contributed by atoms with Gasteiger partial charge in [-0.3, -0.25) is 9.59 Å². The number of benzene rings is 1. The van der Waals surface area contributed by atoms with E-state index in [2.05, 4.69) is 0 Å². The van der Waals surface area contributed by atoms with Crippen molar-refractivity contribution in [3.05, 3.63) is 53.1 Å². The molecule has 1 aromatic rings. The van der Waals surface area contributed by atoms with E-state index in [1.807, 2.05) is 38.1 Å². The van der Waals surface area contributed by atoms with Gasteiger partial charge in [0.2, 0.25) is 5.91 Å². The summed E-state index contributed by atoms with van der Waals surface area (Å²) in [6, 6.07) is 7.54. The number of hydrogen-bond acceptors (Lipinski definition) is 4. The lowest BCUT2D eigenvalue weighted by Crippen LogP contribution is -2.46. The van der Waals surface area contributed by atoms with Crippen molar-refractivity contribution in [2.45, 2.75) is 32.1 Å². The number of carbonyl (C=O) groups is 2. The Balaban J connectivity index is 2.03. The predicted molar refractivity (Wildman–Crippen MR) is 89.9 cm³/mol. The first-order chi connectivity index (χ1) is 11.3. The van der Waals surface area contributed by atoms with Gasteiger partial charge in [0.15, 0.2) is 11.7 Å². The summed E-state index contributed by atoms with van der Waals surface area (Å²) in [5.74, 6) is 0.520. The minimum Gasteiger partial charge on any atom is -0.446 e. The summed E-state index contributed by atoms with van der Waals surface area (Å²) < 4.78 is 5.71. The molecular formula is C19H20N2O3. The minimum atomic E-state index is -1.16. The van der Waals surface area contributed by atoms with E-state index in [1.165, 1.54) is 0 Å². The van der Waals surface area contributed by atoms with Gasteiger partial charge >= 0.3 is 0 Å². The zero-order chi connectivity index (χ0) is 17.3. The van der Waals surface area contributed by atoms with Crippen LogP contribution in [0.25, 0.3) is 0 Å². The molecule has 124 valence electrons. The first-order valence-corrected chi connectivity index (χ1v) is 8.07. The lowest BCUT2D eigenvalue weighted by atomic mass is 9.65. The second-order valence-electron chi connectivity index (χ2n) is 7.58. The third-order valence-electron chi connectivity index (χ3n) is 5.16. The highest BCUT2D eigenvalue weighted by Gasteiger charge is 2.57. The van der Waals surface area contributed by atoms with Crippen molar-refractivity contribution in [3.8, 4) is 0 Å². The van der Waals surface area contributed by atoms with Gasteiger partial charge in [-0.2, -0.15) is 0 Å². The first-order valence-electron chi connectivity index (χ1n) is 8.07. The lowest BCUT2D eigenvalue weighted by Gasteiger charge is -2.39. The van der Waals surface area contributed by atoms with Crippen LogP contribution in [-0.4, -0.2) is 18.7 Å². The maximum absolute atomic E-state index is 13.2. The Kier molecular flexibility index (Phi) is 2.81. The van der Waals surface area contributed by atoms with Gasteiger partial charge in [0.1, 0.15) is 11.2 Å². The molecule has 0 saturated heterocycles. The van der Waals surface area contributed by atoms with E-state index in [1.54, 1.807) is 18.0 Å². The monoisotopic (exact) mass is 324 g/mol. The molecule has 0 bridgehead atoms. The van der Waals surface area contributed by atoms with Crippen LogP contribution in [0.15, 0.2) is 47.6 Å². The summed E-state index contributed by atoms with van der Waals surface area (Å²) >= 11 is 0. The minimum absolute atomic E-state index is 0.0385. The molecule has 1 aliphatic carbocycles.